The topological polar surface area (TPSA) is 52.6 Å². The summed E-state index contributed by atoms with van der Waals surface area (Å²) in [5, 5.41) is 12.9. The van der Waals surface area contributed by atoms with Crippen LogP contribution in [0.25, 0.3) is 0 Å². The van der Waals surface area contributed by atoms with Gasteiger partial charge in [0.1, 0.15) is 0 Å². The van der Waals surface area contributed by atoms with E-state index in [1.165, 1.54) is 6.42 Å². The monoisotopic (exact) mass is 242 g/mol. The Morgan fingerprint density at radius 2 is 2.29 bits per heavy atom. The number of hydrogen-bond acceptors (Lipinski definition) is 3. The van der Waals surface area contributed by atoms with Crippen molar-refractivity contribution in [2.45, 2.75) is 45.1 Å². The summed E-state index contributed by atoms with van der Waals surface area (Å²) in [5.74, 6) is 0.723. The third-order valence-corrected chi connectivity index (χ3v) is 3.91. The van der Waals surface area contributed by atoms with Gasteiger partial charge in [-0.15, -0.1) is 0 Å². The zero-order valence-electron chi connectivity index (χ0n) is 11.3. The largest absolute Gasteiger partial charge is 0.394 e. The lowest BCUT2D eigenvalue weighted by Crippen LogP contribution is -2.54. The van der Waals surface area contributed by atoms with E-state index in [9.17, 15) is 9.90 Å². The van der Waals surface area contributed by atoms with Crippen LogP contribution in [0, 0.1) is 5.92 Å². The van der Waals surface area contributed by atoms with Crippen molar-refractivity contribution in [3.05, 3.63) is 0 Å². The van der Waals surface area contributed by atoms with Gasteiger partial charge in [0.25, 0.3) is 0 Å². The Balaban J connectivity index is 2.49. The minimum Gasteiger partial charge on any atom is -0.394 e. The fraction of sp³-hybridized carbons (Fsp3) is 0.923. The van der Waals surface area contributed by atoms with E-state index >= 15 is 0 Å². The second-order valence-corrected chi connectivity index (χ2v) is 5.40. The Labute approximate surface area is 104 Å². The Bertz CT molecular complexity index is 258. The highest BCUT2D eigenvalue weighted by atomic mass is 16.3. The third kappa shape index (κ3) is 3.96. The molecule has 0 aromatic heterocycles. The minimum atomic E-state index is -0.234. The molecular formula is C13H26N2O2. The number of nitrogens with zero attached hydrogens (tertiary/aromatic N) is 1. The molecule has 1 fully saturated rings. The van der Waals surface area contributed by atoms with Gasteiger partial charge in [0.15, 0.2) is 0 Å². The summed E-state index contributed by atoms with van der Waals surface area (Å²) in [7, 11) is 1.80. The van der Waals surface area contributed by atoms with Crippen LogP contribution in [0.5, 0.6) is 0 Å². The zero-order chi connectivity index (χ0) is 12.9. The van der Waals surface area contributed by atoms with Crippen LogP contribution in [0.4, 0.5) is 0 Å². The van der Waals surface area contributed by atoms with Gasteiger partial charge in [-0.25, -0.2) is 0 Å². The van der Waals surface area contributed by atoms with E-state index < -0.39 is 0 Å². The standard InChI is InChI=1S/C13H26N2O2/c1-4-15(3)12(17)9-14-13(10-16)7-5-6-11(2)8-13/h11,14,16H,4-10H2,1-3H3. The highest BCUT2D eigenvalue weighted by molar-refractivity contribution is 5.78. The number of amides is 1. The fourth-order valence-electron chi connectivity index (χ4n) is 2.59. The van der Waals surface area contributed by atoms with Crippen molar-refractivity contribution < 1.29 is 9.90 Å². The number of hydrogen-bond donors (Lipinski definition) is 2. The second-order valence-electron chi connectivity index (χ2n) is 5.40. The first-order chi connectivity index (χ1) is 8.03. The lowest BCUT2D eigenvalue weighted by molar-refractivity contribution is -0.129. The molecule has 1 saturated carbocycles. The van der Waals surface area contributed by atoms with Crippen molar-refractivity contribution in [2.24, 2.45) is 5.92 Å². The molecule has 4 heteroatoms. The SMILES string of the molecule is CCN(C)C(=O)CNC1(CO)CCCC(C)C1. The average molecular weight is 242 g/mol. The smallest absolute Gasteiger partial charge is 0.236 e. The summed E-state index contributed by atoms with van der Waals surface area (Å²) < 4.78 is 0. The van der Waals surface area contributed by atoms with Crippen LogP contribution >= 0.6 is 0 Å². The summed E-state index contributed by atoms with van der Waals surface area (Å²) >= 11 is 0. The molecule has 1 rings (SSSR count). The third-order valence-electron chi connectivity index (χ3n) is 3.91. The molecule has 1 amide bonds. The maximum Gasteiger partial charge on any atom is 0.236 e. The zero-order valence-corrected chi connectivity index (χ0v) is 11.3. The summed E-state index contributed by atoms with van der Waals surface area (Å²) in [6.45, 7) is 5.36. The quantitative estimate of drug-likeness (QED) is 0.756. The molecule has 0 saturated heterocycles. The summed E-state index contributed by atoms with van der Waals surface area (Å²) in [4.78, 5) is 13.4. The molecular weight excluding hydrogens is 216 g/mol. The molecule has 0 heterocycles. The van der Waals surface area contributed by atoms with Crippen molar-refractivity contribution in [3.8, 4) is 0 Å². The Morgan fingerprint density at radius 1 is 1.59 bits per heavy atom. The van der Waals surface area contributed by atoms with Crippen LogP contribution in [-0.4, -0.2) is 48.2 Å². The molecule has 4 nitrogen and oxygen atoms in total. The Morgan fingerprint density at radius 3 is 2.82 bits per heavy atom. The molecule has 1 aliphatic carbocycles. The van der Waals surface area contributed by atoms with Crippen molar-refractivity contribution in [3.63, 3.8) is 0 Å². The molecule has 0 aromatic carbocycles. The van der Waals surface area contributed by atoms with E-state index in [1.54, 1.807) is 11.9 Å². The predicted octanol–water partition coefficient (Wildman–Crippen LogP) is 0.995. The first kappa shape index (κ1) is 14.5. The Hall–Kier alpha value is -0.610. The number of aliphatic hydroxyl groups is 1. The molecule has 0 aliphatic heterocycles. The van der Waals surface area contributed by atoms with E-state index in [1.807, 2.05) is 6.92 Å². The molecule has 2 N–H and O–H groups in total. The molecule has 2 unspecified atom stereocenters. The molecule has 2 atom stereocenters. The number of nitrogens with one attached hydrogen (secondary N) is 1. The van der Waals surface area contributed by atoms with E-state index in [4.69, 9.17) is 0 Å². The maximum absolute atomic E-state index is 11.7. The van der Waals surface area contributed by atoms with E-state index in [0.29, 0.717) is 12.5 Å². The molecule has 0 bridgehead atoms. The first-order valence-electron chi connectivity index (χ1n) is 6.63. The van der Waals surface area contributed by atoms with E-state index in [-0.39, 0.29) is 18.1 Å². The summed E-state index contributed by atoms with van der Waals surface area (Å²) in [6, 6.07) is 0. The van der Waals surface area contributed by atoms with Gasteiger partial charge in [-0.2, -0.15) is 0 Å². The second kappa shape index (κ2) is 6.36. The van der Waals surface area contributed by atoms with Crippen LogP contribution < -0.4 is 5.32 Å². The molecule has 17 heavy (non-hydrogen) atoms. The van der Waals surface area contributed by atoms with E-state index in [2.05, 4.69) is 12.2 Å². The highest BCUT2D eigenvalue weighted by Crippen LogP contribution is 2.31. The fourth-order valence-corrected chi connectivity index (χ4v) is 2.59. The highest BCUT2D eigenvalue weighted by Gasteiger charge is 2.34. The van der Waals surface area contributed by atoms with Gasteiger partial charge in [-0.1, -0.05) is 19.8 Å². The van der Waals surface area contributed by atoms with Gasteiger partial charge in [0.2, 0.25) is 5.91 Å². The van der Waals surface area contributed by atoms with Crippen LogP contribution in [0.1, 0.15) is 39.5 Å². The molecule has 1 aliphatic rings. The van der Waals surface area contributed by atoms with Crippen LogP contribution in [-0.2, 0) is 4.79 Å². The van der Waals surface area contributed by atoms with Crippen molar-refractivity contribution in [1.82, 2.24) is 10.2 Å². The molecule has 100 valence electrons. The summed E-state index contributed by atoms with van der Waals surface area (Å²) in [5.41, 5.74) is -0.234. The van der Waals surface area contributed by atoms with Gasteiger partial charge in [0, 0.05) is 19.1 Å². The molecule has 0 spiro atoms. The lowest BCUT2D eigenvalue weighted by atomic mass is 9.77. The summed E-state index contributed by atoms with van der Waals surface area (Å²) in [6.07, 6.45) is 4.29. The maximum atomic E-state index is 11.7. The number of rotatable bonds is 5. The first-order valence-corrected chi connectivity index (χ1v) is 6.63. The van der Waals surface area contributed by atoms with Gasteiger partial charge in [-0.3, -0.25) is 4.79 Å². The normalized spacial score (nSPS) is 29.1. The predicted molar refractivity (Wildman–Crippen MR) is 68.8 cm³/mol. The van der Waals surface area contributed by atoms with Crippen molar-refractivity contribution in [2.75, 3.05) is 26.7 Å². The Kier molecular flexibility index (Phi) is 5.40. The van der Waals surface area contributed by atoms with Crippen molar-refractivity contribution >= 4 is 5.91 Å². The molecule has 0 radical (unpaired) electrons. The van der Waals surface area contributed by atoms with Crippen LogP contribution in [0.3, 0.4) is 0 Å². The van der Waals surface area contributed by atoms with Gasteiger partial charge in [0.05, 0.1) is 13.2 Å². The number of carbonyl (C=O) groups is 1. The minimum absolute atomic E-state index is 0.0959. The van der Waals surface area contributed by atoms with Gasteiger partial charge < -0.3 is 15.3 Å². The van der Waals surface area contributed by atoms with Gasteiger partial charge >= 0.3 is 0 Å². The average Bonchev–Trinajstić information content (AvgIpc) is 2.35. The van der Waals surface area contributed by atoms with Crippen molar-refractivity contribution in [1.29, 1.82) is 0 Å². The van der Waals surface area contributed by atoms with E-state index in [0.717, 1.165) is 25.8 Å². The number of likely N-dealkylation sites (N-methyl/N-ethyl adjacent to an activating group) is 1. The van der Waals surface area contributed by atoms with Crippen LogP contribution in [0.15, 0.2) is 0 Å². The molecule has 0 aromatic rings. The van der Waals surface area contributed by atoms with Crippen LogP contribution in [0.2, 0.25) is 0 Å². The number of carbonyl (C=O) groups excluding carboxylic acids is 1. The van der Waals surface area contributed by atoms with Gasteiger partial charge in [-0.05, 0) is 25.7 Å². The lowest BCUT2D eigenvalue weighted by Gasteiger charge is -2.39. The number of aliphatic hydroxyl groups excluding tert-OH is 1.